The van der Waals surface area contributed by atoms with Gasteiger partial charge in [-0.15, -0.1) is 11.8 Å². The lowest BCUT2D eigenvalue weighted by Gasteiger charge is -2.41. The van der Waals surface area contributed by atoms with E-state index in [-0.39, 0.29) is 12.0 Å². The number of pyridine rings is 1. The first-order chi connectivity index (χ1) is 18.6. The number of aliphatic hydroxyl groups is 2. The molecule has 1 atom stereocenters. The molecule has 2 aromatic carbocycles. The first-order valence-corrected chi connectivity index (χ1v) is 14.4. The summed E-state index contributed by atoms with van der Waals surface area (Å²) < 4.78 is 44.1. The van der Waals surface area contributed by atoms with Crippen LogP contribution in [0.2, 0.25) is 5.02 Å². The lowest BCUT2D eigenvalue weighted by Crippen LogP contribution is -2.42. The molecule has 1 fully saturated rings. The number of alkyl halides is 3. The molecule has 1 aliphatic rings. The Kier molecular flexibility index (Phi) is 10.0. The molecule has 3 aromatic rings. The summed E-state index contributed by atoms with van der Waals surface area (Å²) in [4.78, 5) is 7.33. The van der Waals surface area contributed by atoms with Crippen molar-refractivity contribution in [3.05, 3.63) is 64.8 Å². The van der Waals surface area contributed by atoms with Crippen molar-refractivity contribution in [3.63, 3.8) is 0 Å². The minimum Gasteiger partial charge on any atom is -0.497 e. The maximum absolute atomic E-state index is 12.9. The summed E-state index contributed by atoms with van der Waals surface area (Å²) in [6.07, 6.45) is 0.0442. The minimum absolute atomic E-state index is 0.0532. The van der Waals surface area contributed by atoms with Gasteiger partial charge < -0.3 is 19.8 Å². The molecule has 5 nitrogen and oxygen atoms in total. The summed E-state index contributed by atoms with van der Waals surface area (Å²) in [6, 6.07) is 10.9. The van der Waals surface area contributed by atoms with Gasteiger partial charge in [0.1, 0.15) is 5.75 Å². The molecule has 2 heterocycles. The van der Waals surface area contributed by atoms with Crippen LogP contribution >= 0.6 is 23.4 Å². The van der Waals surface area contributed by atoms with Gasteiger partial charge in [0.2, 0.25) is 0 Å². The van der Waals surface area contributed by atoms with Crippen molar-refractivity contribution in [2.24, 2.45) is 5.41 Å². The van der Waals surface area contributed by atoms with Crippen LogP contribution in [0.25, 0.3) is 10.9 Å². The highest BCUT2D eigenvalue weighted by atomic mass is 35.5. The van der Waals surface area contributed by atoms with Gasteiger partial charge in [-0.05, 0) is 99.3 Å². The Morgan fingerprint density at radius 2 is 1.95 bits per heavy atom. The number of aromatic nitrogens is 1. The molecule has 0 bridgehead atoms. The summed E-state index contributed by atoms with van der Waals surface area (Å²) in [7, 11) is 1.59. The zero-order valence-electron chi connectivity index (χ0n) is 21.9. The molecule has 1 aromatic heterocycles. The van der Waals surface area contributed by atoms with Crippen LogP contribution in [0.3, 0.4) is 0 Å². The van der Waals surface area contributed by atoms with E-state index < -0.39 is 17.8 Å². The fourth-order valence-electron chi connectivity index (χ4n) is 5.20. The second-order valence-corrected chi connectivity index (χ2v) is 11.8. The molecule has 4 rings (SSSR count). The molecule has 0 aliphatic carbocycles. The highest BCUT2D eigenvalue weighted by molar-refractivity contribution is 7.99. The van der Waals surface area contributed by atoms with E-state index in [1.807, 2.05) is 18.2 Å². The second kappa shape index (κ2) is 13.1. The van der Waals surface area contributed by atoms with Crippen LogP contribution in [0.5, 0.6) is 5.75 Å². The quantitative estimate of drug-likeness (QED) is 0.188. The Labute approximate surface area is 236 Å². The number of aliphatic hydroxyl groups excluding tert-OH is 2. The van der Waals surface area contributed by atoms with Crippen molar-refractivity contribution in [3.8, 4) is 5.75 Å². The van der Waals surface area contributed by atoms with Crippen molar-refractivity contribution in [1.82, 2.24) is 9.88 Å². The van der Waals surface area contributed by atoms with E-state index in [0.717, 1.165) is 61.6 Å². The summed E-state index contributed by atoms with van der Waals surface area (Å²) in [5, 5.41) is 22.6. The number of hydrogen-bond acceptors (Lipinski definition) is 6. The van der Waals surface area contributed by atoms with Gasteiger partial charge in [0, 0.05) is 28.6 Å². The Morgan fingerprint density at radius 1 is 1.18 bits per heavy atom. The Hall–Kier alpha value is -2.04. The van der Waals surface area contributed by atoms with Gasteiger partial charge in [-0.3, -0.25) is 4.98 Å². The first kappa shape index (κ1) is 29.9. The highest BCUT2D eigenvalue weighted by Crippen LogP contribution is 2.40. The number of nitrogens with zero attached hydrogens (tertiary/aromatic N) is 2. The number of piperidine rings is 1. The number of rotatable bonds is 11. The molecular weight excluding hydrogens is 549 g/mol. The number of halogens is 4. The van der Waals surface area contributed by atoms with E-state index >= 15 is 0 Å². The number of hydrogen-bond donors (Lipinski definition) is 2. The number of likely N-dealkylation sites (tertiary alicyclic amines) is 1. The summed E-state index contributed by atoms with van der Waals surface area (Å²) in [6.45, 7) is 2.58. The zero-order chi connectivity index (χ0) is 28.0. The van der Waals surface area contributed by atoms with Crippen LogP contribution in [-0.4, -0.2) is 59.2 Å². The third-order valence-electron chi connectivity index (χ3n) is 7.65. The predicted molar refractivity (Wildman–Crippen MR) is 149 cm³/mol. The van der Waals surface area contributed by atoms with Crippen molar-refractivity contribution in [2.75, 3.05) is 39.1 Å². The minimum atomic E-state index is -4.33. The van der Waals surface area contributed by atoms with Gasteiger partial charge in [-0.25, -0.2) is 0 Å². The van der Waals surface area contributed by atoms with Crippen LogP contribution in [0.15, 0.2) is 53.6 Å². The standard InChI is InChI=1S/C29H34ClF3N2O3S/c1-38-21-6-7-25-23(17-21)27(24(30)18-34-25)26(37)8-9-28(19-36)10-13-35(14-11-28)12-3-15-39-22-5-2-4-20(16-22)29(31,32)33/h2,4-7,16-18,26,36-37H,3,8-15,19H2,1H3. The molecule has 212 valence electrons. The normalized spacial score (nSPS) is 16.9. The molecule has 1 aliphatic heterocycles. The molecule has 0 amide bonds. The zero-order valence-corrected chi connectivity index (χ0v) is 23.5. The molecule has 10 heteroatoms. The van der Waals surface area contributed by atoms with Crippen LogP contribution < -0.4 is 4.74 Å². The Balaban J connectivity index is 1.27. The van der Waals surface area contributed by atoms with Crippen molar-refractivity contribution < 1.29 is 28.1 Å². The maximum Gasteiger partial charge on any atom is 0.416 e. The fourth-order valence-corrected chi connectivity index (χ4v) is 6.37. The smallest absolute Gasteiger partial charge is 0.416 e. The molecule has 2 N–H and O–H groups in total. The molecular formula is C29H34ClF3N2O3S. The third-order valence-corrected chi connectivity index (χ3v) is 9.03. The number of thioether (sulfide) groups is 1. The molecule has 1 saturated heterocycles. The number of ether oxygens (including phenoxy) is 1. The second-order valence-electron chi connectivity index (χ2n) is 10.2. The molecule has 39 heavy (non-hydrogen) atoms. The SMILES string of the molecule is COc1ccc2ncc(Cl)c(C(O)CCC3(CO)CCN(CCCSc4cccc(C(F)(F)F)c4)CC3)c2c1. The van der Waals surface area contributed by atoms with E-state index in [4.69, 9.17) is 16.3 Å². The molecule has 0 spiro atoms. The first-order valence-electron chi connectivity index (χ1n) is 13.1. The average molecular weight is 583 g/mol. The largest absolute Gasteiger partial charge is 0.497 e. The summed E-state index contributed by atoms with van der Waals surface area (Å²) in [5.41, 5.74) is 0.472. The van der Waals surface area contributed by atoms with Gasteiger partial charge in [0.15, 0.2) is 0 Å². The van der Waals surface area contributed by atoms with Gasteiger partial charge in [0.25, 0.3) is 0 Å². The fraction of sp³-hybridized carbons (Fsp3) is 0.483. The summed E-state index contributed by atoms with van der Waals surface area (Å²) >= 11 is 7.90. The van der Waals surface area contributed by atoms with E-state index in [1.165, 1.54) is 23.9 Å². The maximum atomic E-state index is 12.9. The number of methoxy groups -OCH3 is 1. The lowest BCUT2D eigenvalue weighted by atomic mass is 9.74. The van der Waals surface area contributed by atoms with Crippen molar-refractivity contribution >= 4 is 34.3 Å². The third kappa shape index (κ3) is 7.58. The topological polar surface area (TPSA) is 65.8 Å². The van der Waals surface area contributed by atoms with E-state index in [1.54, 1.807) is 19.4 Å². The average Bonchev–Trinajstić information content (AvgIpc) is 2.94. The predicted octanol–water partition coefficient (Wildman–Crippen LogP) is 6.99. The van der Waals surface area contributed by atoms with Crippen molar-refractivity contribution in [1.29, 1.82) is 0 Å². The lowest BCUT2D eigenvalue weighted by molar-refractivity contribution is -0.137. The van der Waals surface area contributed by atoms with Gasteiger partial charge in [0.05, 0.1) is 29.3 Å². The van der Waals surface area contributed by atoms with Gasteiger partial charge in [-0.1, -0.05) is 17.7 Å². The Bertz CT molecular complexity index is 1250. The number of fused-ring (bicyclic) bond motifs is 1. The van der Waals surface area contributed by atoms with E-state index in [9.17, 15) is 23.4 Å². The Morgan fingerprint density at radius 3 is 2.64 bits per heavy atom. The van der Waals surface area contributed by atoms with Crippen LogP contribution in [0.4, 0.5) is 13.2 Å². The van der Waals surface area contributed by atoms with E-state index in [2.05, 4.69) is 9.88 Å². The monoisotopic (exact) mass is 582 g/mol. The van der Waals surface area contributed by atoms with Crippen LogP contribution in [0.1, 0.15) is 49.3 Å². The number of benzene rings is 2. The summed E-state index contributed by atoms with van der Waals surface area (Å²) in [5.74, 6) is 1.40. The van der Waals surface area contributed by atoms with Crippen LogP contribution in [0, 0.1) is 5.41 Å². The van der Waals surface area contributed by atoms with E-state index in [0.29, 0.717) is 34.1 Å². The van der Waals surface area contributed by atoms with Crippen LogP contribution in [-0.2, 0) is 6.18 Å². The molecule has 0 saturated carbocycles. The van der Waals surface area contributed by atoms with Crippen molar-refractivity contribution in [2.45, 2.75) is 49.3 Å². The molecule has 0 radical (unpaired) electrons. The van der Waals surface area contributed by atoms with Gasteiger partial charge in [-0.2, -0.15) is 13.2 Å². The molecule has 1 unspecified atom stereocenters. The highest BCUT2D eigenvalue weighted by Gasteiger charge is 2.35. The van der Waals surface area contributed by atoms with Gasteiger partial charge >= 0.3 is 6.18 Å².